The summed E-state index contributed by atoms with van der Waals surface area (Å²) in [7, 11) is 0. The van der Waals surface area contributed by atoms with Gasteiger partial charge in [-0.1, -0.05) is 24.3 Å². The predicted molar refractivity (Wildman–Crippen MR) is 135 cm³/mol. The van der Waals surface area contributed by atoms with Crippen LogP contribution in [0.3, 0.4) is 0 Å². The molecule has 0 spiro atoms. The predicted octanol–water partition coefficient (Wildman–Crippen LogP) is 5.71. The molecule has 8 heteroatoms. The molecule has 1 aliphatic rings. The molecule has 1 fully saturated rings. The Morgan fingerprint density at radius 3 is 2.26 bits per heavy atom. The SMILES string of the molecule is Cc1ccc(N=C2S/C(=C\c3cccc([N+](=O)[O-])c3[O-])C(=O)N2c2ccc(C)c(C)c2)cc1C. The highest BCUT2D eigenvalue weighted by molar-refractivity contribution is 8.19. The number of amides is 1. The number of carbonyl (C=O) groups excluding carboxylic acids is 1. The van der Waals surface area contributed by atoms with Crippen molar-refractivity contribution >= 4 is 46.0 Å². The summed E-state index contributed by atoms with van der Waals surface area (Å²) in [5.41, 5.74) is 5.26. The fourth-order valence-corrected chi connectivity index (χ4v) is 4.48. The van der Waals surface area contributed by atoms with Crippen molar-refractivity contribution in [3.05, 3.63) is 97.4 Å². The maximum atomic E-state index is 13.5. The van der Waals surface area contributed by atoms with Crippen molar-refractivity contribution in [3.63, 3.8) is 0 Å². The fraction of sp³-hybridized carbons (Fsp3) is 0.154. The van der Waals surface area contributed by atoms with Crippen molar-refractivity contribution in [2.45, 2.75) is 27.7 Å². The summed E-state index contributed by atoms with van der Waals surface area (Å²) in [6.07, 6.45) is 1.40. The minimum absolute atomic E-state index is 0.0810. The first-order valence-electron chi connectivity index (χ1n) is 10.6. The normalized spacial score (nSPS) is 16.0. The number of benzene rings is 3. The van der Waals surface area contributed by atoms with Crippen LogP contribution in [0, 0.1) is 37.8 Å². The van der Waals surface area contributed by atoms with Gasteiger partial charge in [-0.05, 0) is 103 Å². The van der Waals surface area contributed by atoms with E-state index in [1.165, 1.54) is 23.1 Å². The van der Waals surface area contributed by atoms with Crippen molar-refractivity contribution < 1.29 is 14.8 Å². The van der Waals surface area contributed by atoms with Crippen molar-refractivity contribution in [1.82, 2.24) is 0 Å². The molecule has 1 amide bonds. The second-order valence-electron chi connectivity index (χ2n) is 8.14. The smallest absolute Gasteiger partial charge is 0.271 e. The number of para-hydroxylation sites is 1. The molecule has 0 aliphatic carbocycles. The van der Waals surface area contributed by atoms with Crippen LogP contribution >= 0.6 is 11.8 Å². The number of thioether (sulfide) groups is 1. The molecule has 0 atom stereocenters. The monoisotopic (exact) mass is 472 g/mol. The molecule has 4 rings (SSSR count). The first kappa shape index (κ1) is 23.3. The largest absolute Gasteiger partial charge is 0.867 e. The molecule has 0 bridgehead atoms. The van der Waals surface area contributed by atoms with Crippen LogP contribution in [0.25, 0.3) is 6.08 Å². The molecule has 7 nitrogen and oxygen atoms in total. The minimum Gasteiger partial charge on any atom is -0.867 e. The Balaban J connectivity index is 1.83. The standard InChI is InChI=1S/C26H23N3O4S/c1-15-8-10-20(12-17(15)3)27-26-28(21-11-9-16(2)18(4)13-21)25(31)23(34-26)14-19-6-5-7-22(24(19)30)29(32)33/h5-14,30H,1-4H3/p-1/b23-14-,27-26?. The van der Waals surface area contributed by atoms with Gasteiger partial charge in [0, 0.05) is 6.07 Å². The molecule has 1 aliphatic heterocycles. The highest BCUT2D eigenvalue weighted by atomic mass is 32.2. The lowest BCUT2D eigenvalue weighted by Crippen LogP contribution is -2.28. The van der Waals surface area contributed by atoms with Crippen LogP contribution in [0.1, 0.15) is 27.8 Å². The van der Waals surface area contributed by atoms with E-state index < -0.39 is 16.4 Å². The highest BCUT2D eigenvalue weighted by Gasteiger charge is 2.35. The lowest BCUT2D eigenvalue weighted by atomic mass is 10.1. The van der Waals surface area contributed by atoms with Gasteiger partial charge in [-0.3, -0.25) is 19.8 Å². The van der Waals surface area contributed by atoms with Crippen LogP contribution in [0.4, 0.5) is 17.1 Å². The number of hydrogen-bond donors (Lipinski definition) is 0. The van der Waals surface area contributed by atoms with Gasteiger partial charge >= 0.3 is 0 Å². The number of aryl methyl sites for hydroxylation is 4. The molecule has 0 radical (unpaired) electrons. The van der Waals surface area contributed by atoms with Gasteiger partial charge in [-0.25, -0.2) is 4.99 Å². The van der Waals surface area contributed by atoms with E-state index in [9.17, 15) is 20.0 Å². The van der Waals surface area contributed by atoms with Gasteiger partial charge in [-0.2, -0.15) is 0 Å². The van der Waals surface area contributed by atoms with Crippen LogP contribution in [0.2, 0.25) is 0 Å². The van der Waals surface area contributed by atoms with Crippen molar-refractivity contribution in [1.29, 1.82) is 0 Å². The number of nitro groups is 1. The van der Waals surface area contributed by atoms with E-state index >= 15 is 0 Å². The number of carbonyl (C=O) groups is 1. The van der Waals surface area contributed by atoms with E-state index in [0.29, 0.717) is 16.5 Å². The molecular weight excluding hydrogens is 450 g/mol. The average Bonchev–Trinajstić information content (AvgIpc) is 3.08. The summed E-state index contributed by atoms with van der Waals surface area (Å²) >= 11 is 1.13. The third-order valence-corrected chi connectivity index (χ3v) is 6.75. The van der Waals surface area contributed by atoms with Crippen LogP contribution in [0.5, 0.6) is 5.75 Å². The number of hydrogen-bond acceptors (Lipinski definition) is 6. The molecule has 0 saturated carbocycles. The molecular formula is C26H22N3O4S-. The van der Waals surface area contributed by atoms with Gasteiger partial charge in [0.15, 0.2) is 5.17 Å². The van der Waals surface area contributed by atoms with E-state index in [2.05, 4.69) is 0 Å². The third-order valence-electron chi connectivity index (χ3n) is 5.78. The Labute approximate surface area is 201 Å². The Morgan fingerprint density at radius 2 is 1.62 bits per heavy atom. The zero-order valence-corrected chi connectivity index (χ0v) is 20.0. The maximum absolute atomic E-state index is 13.5. The number of nitro benzene ring substituents is 1. The van der Waals surface area contributed by atoms with E-state index in [-0.39, 0.29) is 16.4 Å². The summed E-state index contributed by atoms with van der Waals surface area (Å²) in [5, 5.41) is 24.1. The number of anilines is 1. The maximum Gasteiger partial charge on any atom is 0.271 e. The lowest BCUT2D eigenvalue weighted by molar-refractivity contribution is -0.398. The summed E-state index contributed by atoms with van der Waals surface area (Å²) in [6.45, 7) is 7.97. The first-order valence-corrected chi connectivity index (χ1v) is 11.4. The molecule has 172 valence electrons. The van der Waals surface area contributed by atoms with Gasteiger partial charge in [0.1, 0.15) is 0 Å². The quantitative estimate of drug-likeness (QED) is 0.275. The van der Waals surface area contributed by atoms with E-state index in [4.69, 9.17) is 4.99 Å². The molecule has 3 aromatic carbocycles. The summed E-state index contributed by atoms with van der Waals surface area (Å²) in [6, 6.07) is 15.6. The fourth-order valence-electron chi connectivity index (χ4n) is 3.49. The van der Waals surface area contributed by atoms with Crippen LogP contribution < -0.4 is 10.0 Å². The second kappa shape index (κ2) is 9.15. The molecule has 0 unspecified atom stereocenters. The Morgan fingerprint density at radius 1 is 0.941 bits per heavy atom. The van der Waals surface area contributed by atoms with Crippen molar-refractivity contribution in [2.75, 3.05) is 4.90 Å². The zero-order chi connectivity index (χ0) is 24.6. The second-order valence-corrected chi connectivity index (χ2v) is 9.14. The van der Waals surface area contributed by atoms with Gasteiger partial charge in [0.25, 0.3) is 11.6 Å². The molecule has 1 heterocycles. The van der Waals surface area contributed by atoms with Gasteiger partial charge in [0.05, 0.1) is 21.2 Å². The van der Waals surface area contributed by atoms with Gasteiger partial charge in [-0.15, -0.1) is 0 Å². The number of aliphatic imine (C=N–C) groups is 1. The van der Waals surface area contributed by atoms with E-state index in [1.807, 2.05) is 64.1 Å². The number of amidine groups is 1. The summed E-state index contributed by atoms with van der Waals surface area (Å²) in [4.78, 5) is 30.4. The summed E-state index contributed by atoms with van der Waals surface area (Å²) < 4.78 is 0. The third kappa shape index (κ3) is 4.45. The first-order chi connectivity index (χ1) is 16.2. The van der Waals surface area contributed by atoms with Crippen molar-refractivity contribution in [2.24, 2.45) is 4.99 Å². The lowest BCUT2D eigenvalue weighted by Gasteiger charge is -2.17. The zero-order valence-electron chi connectivity index (χ0n) is 19.2. The molecule has 0 aromatic heterocycles. The Kier molecular flexibility index (Phi) is 6.26. The van der Waals surface area contributed by atoms with E-state index in [1.54, 1.807) is 0 Å². The van der Waals surface area contributed by atoms with Crippen LogP contribution in [-0.4, -0.2) is 16.0 Å². The number of nitrogens with zero attached hydrogens (tertiary/aromatic N) is 3. The Bertz CT molecular complexity index is 1390. The van der Waals surface area contributed by atoms with Crippen LogP contribution in [-0.2, 0) is 4.79 Å². The average molecular weight is 473 g/mol. The minimum atomic E-state index is -0.731. The van der Waals surface area contributed by atoms with Gasteiger partial charge < -0.3 is 5.11 Å². The molecule has 3 aromatic rings. The number of rotatable bonds is 4. The van der Waals surface area contributed by atoms with Crippen molar-refractivity contribution in [3.8, 4) is 5.75 Å². The Hall–Kier alpha value is -3.91. The summed E-state index contributed by atoms with van der Waals surface area (Å²) in [5.74, 6) is -1.08. The van der Waals surface area contributed by atoms with E-state index in [0.717, 1.165) is 40.1 Å². The molecule has 0 N–H and O–H groups in total. The highest BCUT2D eigenvalue weighted by Crippen LogP contribution is 2.39. The topological polar surface area (TPSA) is 98.9 Å². The molecule has 1 saturated heterocycles. The van der Waals surface area contributed by atoms with Crippen LogP contribution in [0.15, 0.2) is 64.5 Å². The molecule has 34 heavy (non-hydrogen) atoms. The van der Waals surface area contributed by atoms with Gasteiger partial charge in [0.2, 0.25) is 0 Å².